The van der Waals surface area contributed by atoms with Gasteiger partial charge in [0.1, 0.15) is 0 Å². The van der Waals surface area contributed by atoms with Crippen LogP contribution in [0.25, 0.3) is 0 Å². The zero-order valence-corrected chi connectivity index (χ0v) is 35.0. The van der Waals surface area contributed by atoms with Crippen LogP contribution in [0.5, 0.6) is 0 Å². The summed E-state index contributed by atoms with van der Waals surface area (Å²) >= 11 is 0. The molecular weight excluding hydrogens is 656 g/mol. The molecule has 0 aliphatic carbocycles. The van der Waals surface area contributed by atoms with Crippen molar-refractivity contribution in [2.24, 2.45) is 29.6 Å². The molecule has 0 bridgehead atoms. The Kier molecular flexibility index (Phi) is 70.1. The van der Waals surface area contributed by atoms with Crippen molar-refractivity contribution in [2.75, 3.05) is 33.0 Å². The van der Waals surface area contributed by atoms with Gasteiger partial charge in [-0.3, -0.25) is 0 Å². The van der Waals surface area contributed by atoms with Crippen LogP contribution < -0.4 is 25.5 Å². The summed E-state index contributed by atoms with van der Waals surface area (Å²) in [5, 5.41) is 51.8. The second-order valence-electron chi connectivity index (χ2n) is 12.9. The Morgan fingerprint density at radius 2 is 0.413 bits per heavy atom. The second kappa shape index (κ2) is 54.9. The molecule has 0 aromatic rings. The van der Waals surface area contributed by atoms with Gasteiger partial charge in [-0.2, -0.15) is 0 Å². The van der Waals surface area contributed by atoms with Gasteiger partial charge in [0, 0.05) is 21.1 Å². The summed E-state index contributed by atoms with van der Waals surface area (Å²) in [6.45, 7) is 21.9. The maximum Gasteiger partial charge on any atom is 0 e. The Morgan fingerprint density at radius 1 is 0.283 bits per heavy atom. The summed E-state index contributed by atoms with van der Waals surface area (Å²) in [7, 11) is 0. The Labute approximate surface area is 305 Å². The predicted molar refractivity (Wildman–Crippen MR) is 191 cm³/mol. The molecule has 46 heavy (non-hydrogen) atoms. The molecule has 5 atom stereocenters. The van der Waals surface area contributed by atoms with E-state index in [9.17, 15) is 25.5 Å². The van der Waals surface area contributed by atoms with Crippen molar-refractivity contribution < 1.29 is 46.6 Å². The van der Waals surface area contributed by atoms with E-state index in [2.05, 4.69) is 69.2 Å². The molecule has 0 saturated heterocycles. The standard InChI is InChI=1S/5C8H17O.Mo/c5*1-3-5-6-8(4-2)7-9;/h5*8H,3-7H2,1-2H3;/q5*-1;. The minimum absolute atomic E-state index is 0. The van der Waals surface area contributed by atoms with Crippen molar-refractivity contribution in [1.82, 2.24) is 0 Å². The maximum atomic E-state index is 10.4. The van der Waals surface area contributed by atoms with Crippen LogP contribution in [0.2, 0.25) is 0 Å². The zero-order chi connectivity index (χ0) is 35.6. The topological polar surface area (TPSA) is 115 Å². The van der Waals surface area contributed by atoms with E-state index in [1.54, 1.807) is 0 Å². The molecule has 0 radical (unpaired) electrons. The summed E-state index contributed by atoms with van der Waals surface area (Å²) in [4.78, 5) is 0. The molecule has 0 fully saturated rings. The van der Waals surface area contributed by atoms with Crippen molar-refractivity contribution in [3.63, 3.8) is 0 Å². The Hall–Kier alpha value is 0.488. The molecule has 5 nitrogen and oxygen atoms in total. The number of hydrogen-bond acceptors (Lipinski definition) is 5. The van der Waals surface area contributed by atoms with Crippen LogP contribution in [-0.4, -0.2) is 33.0 Å². The average Bonchev–Trinajstić information content (AvgIpc) is 3.08. The second-order valence-corrected chi connectivity index (χ2v) is 12.9. The fourth-order valence-electron chi connectivity index (χ4n) is 4.49. The monoisotopic (exact) mass is 744 g/mol. The van der Waals surface area contributed by atoms with Crippen molar-refractivity contribution in [3.8, 4) is 0 Å². The molecule has 0 aromatic heterocycles. The molecule has 0 amide bonds. The molecule has 6 heteroatoms. The van der Waals surface area contributed by atoms with Crippen LogP contribution in [0.15, 0.2) is 0 Å². The summed E-state index contributed by atoms with van der Waals surface area (Å²) in [5.74, 6) is 2.25. The maximum absolute atomic E-state index is 10.4. The van der Waals surface area contributed by atoms with E-state index in [0.717, 1.165) is 64.2 Å². The van der Waals surface area contributed by atoms with Crippen molar-refractivity contribution in [2.45, 2.75) is 198 Å². The van der Waals surface area contributed by atoms with Crippen LogP contribution >= 0.6 is 0 Å². The van der Waals surface area contributed by atoms with Crippen LogP contribution in [0, 0.1) is 29.6 Å². The van der Waals surface area contributed by atoms with Crippen molar-refractivity contribution in [3.05, 3.63) is 0 Å². The molecule has 0 N–H and O–H groups in total. The minimum atomic E-state index is 0. The largest absolute Gasteiger partial charge is 0.854 e. The molecule has 0 saturated carbocycles. The molecular formula is C40H85MoO5-5. The van der Waals surface area contributed by atoms with Gasteiger partial charge in [0.15, 0.2) is 0 Å². The molecule has 0 spiro atoms. The van der Waals surface area contributed by atoms with E-state index in [1.165, 1.54) is 64.2 Å². The summed E-state index contributed by atoms with van der Waals surface area (Å²) in [6, 6.07) is 0. The van der Waals surface area contributed by atoms with Gasteiger partial charge in [-0.1, -0.05) is 227 Å². The van der Waals surface area contributed by atoms with Gasteiger partial charge < -0.3 is 25.5 Å². The molecule has 0 aliphatic heterocycles. The molecule has 0 heterocycles. The summed E-state index contributed by atoms with van der Waals surface area (Å²) in [5.41, 5.74) is 0. The average molecular weight is 742 g/mol. The molecule has 0 aromatic carbocycles. The SMILES string of the molecule is CCCCC(CC)C[O-].CCCCC(CC)C[O-].CCCCC(CC)C[O-].CCCCC(CC)C[O-].CCCCC(CC)C[O-].[Mo]. The first-order valence-electron chi connectivity index (χ1n) is 19.6. The summed E-state index contributed by atoms with van der Waals surface area (Å²) in [6.07, 6.45) is 23.2. The normalized spacial score (nSPS) is 13.4. The first-order chi connectivity index (χ1) is 21.7. The molecule has 5 unspecified atom stereocenters. The van der Waals surface area contributed by atoms with Crippen molar-refractivity contribution >= 4 is 0 Å². The van der Waals surface area contributed by atoms with Gasteiger partial charge >= 0.3 is 0 Å². The number of rotatable bonds is 25. The first kappa shape index (κ1) is 58.7. The fraction of sp³-hybridized carbons (Fsp3) is 1.00. The van der Waals surface area contributed by atoms with E-state index in [1.807, 2.05) is 0 Å². The molecule has 0 rings (SSSR count). The van der Waals surface area contributed by atoms with Gasteiger partial charge in [-0.25, -0.2) is 0 Å². The van der Waals surface area contributed by atoms with E-state index in [4.69, 9.17) is 0 Å². The smallest absolute Gasteiger partial charge is 0 e. The Bertz CT molecular complexity index is 342. The van der Waals surface area contributed by atoms with E-state index < -0.39 is 0 Å². The van der Waals surface area contributed by atoms with Gasteiger partial charge in [-0.05, 0) is 0 Å². The first-order valence-corrected chi connectivity index (χ1v) is 19.6. The van der Waals surface area contributed by atoms with Gasteiger partial charge in [0.2, 0.25) is 0 Å². The third-order valence-corrected chi connectivity index (χ3v) is 8.89. The summed E-state index contributed by atoms with van der Waals surface area (Å²) < 4.78 is 0. The van der Waals surface area contributed by atoms with Crippen LogP contribution in [-0.2, 0) is 21.1 Å². The van der Waals surface area contributed by atoms with Crippen LogP contribution in [0.4, 0.5) is 0 Å². The van der Waals surface area contributed by atoms with Gasteiger partial charge in [-0.15, -0.1) is 33.0 Å². The molecule has 0 aliphatic rings. The molecule has 286 valence electrons. The Balaban J connectivity index is -0.000000108. The Morgan fingerprint density at radius 3 is 0.478 bits per heavy atom. The van der Waals surface area contributed by atoms with E-state index >= 15 is 0 Å². The fourth-order valence-corrected chi connectivity index (χ4v) is 4.49. The number of hydrogen-bond donors (Lipinski definition) is 0. The number of unbranched alkanes of at least 4 members (excludes halogenated alkanes) is 5. The van der Waals surface area contributed by atoms with E-state index in [0.29, 0.717) is 29.6 Å². The third-order valence-electron chi connectivity index (χ3n) is 8.89. The van der Waals surface area contributed by atoms with Crippen LogP contribution in [0.1, 0.15) is 198 Å². The predicted octanol–water partition coefficient (Wildman–Crippen LogP) is 7.81. The quantitative estimate of drug-likeness (QED) is 0.0886. The van der Waals surface area contributed by atoms with Crippen LogP contribution in [0.3, 0.4) is 0 Å². The van der Waals surface area contributed by atoms with Gasteiger partial charge in [0.25, 0.3) is 0 Å². The van der Waals surface area contributed by atoms with Gasteiger partial charge in [0.05, 0.1) is 0 Å². The zero-order valence-electron chi connectivity index (χ0n) is 33.0. The van der Waals surface area contributed by atoms with Crippen molar-refractivity contribution in [1.29, 1.82) is 0 Å². The minimum Gasteiger partial charge on any atom is -0.854 e. The van der Waals surface area contributed by atoms with E-state index in [-0.39, 0.29) is 54.1 Å². The third kappa shape index (κ3) is 51.3.